The molecule has 0 heterocycles. The molecule has 1 saturated carbocycles. The van der Waals surface area contributed by atoms with E-state index in [1.807, 2.05) is 6.92 Å². The molecule has 1 aromatic carbocycles. The first-order valence-corrected chi connectivity index (χ1v) is 7.15. The molecule has 1 fully saturated rings. The lowest BCUT2D eigenvalue weighted by Gasteiger charge is -2.36. The van der Waals surface area contributed by atoms with Gasteiger partial charge in [-0.2, -0.15) is 0 Å². The van der Waals surface area contributed by atoms with Crippen LogP contribution >= 0.6 is 15.9 Å². The van der Waals surface area contributed by atoms with Crippen LogP contribution in [0.2, 0.25) is 0 Å². The molecule has 1 aromatic rings. The van der Waals surface area contributed by atoms with Crippen molar-refractivity contribution in [3.05, 3.63) is 34.3 Å². The molecule has 2 rings (SSSR count). The highest BCUT2D eigenvalue weighted by molar-refractivity contribution is 9.10. The van der Waals surface area contributed by atoms with Gasteiger partial charge in [0.25, 0.3) is 0 Å². The summed E-state index contributed by atoms with van der Waals surface area (Å²) < 4.78 is 6.49. The Kier molecular flexibility index (Phi) is 5.01. The molecule has 1 N–H and O–H groups in total. The minimum absolute atomic E-state index is 0.680. The molecule has 17 heavy (non-hydrogen) atoms. The van der Waals surface area contributed by atoms with Gasteiger partial charge in [0, 0.05) is 23.7 Å². The first kappa shape index (κ1) is 13.1. The van der Waals surface area contributed by atoms with Crippen molar-refractivity contribution < 1.29 is 4.74 Å². The molecule has 94 valence electrons. The fraction of sp³-hybridized carbons (Fsp3) is 0.571. The molecule has 0 unspecified atom stereocenters. The van der Waals surface area contributed by atoms with Gasteiger partial charge in [0.15, 0.2) is 0 Å². The zero-order valence-corrected chi connectivity index (χ0v) is 11.9. The smallest absolute Gasteiger partial charge is 0.0590 e. The van der Waals surface area contributed by atoms with Gasteiger partial charge >= 0.3 is 0 Å². The summed E-state index contributed by atoms with van der Waals surface area (Å²) >= 11 is 3.53. The van der Waals surface area contributed by atoms with E-state index in [4.69, 9.17) is 4.74 Å². The zero-order chi connectivity index (χ0) is 12.1. The number of hydrogen-bond acceptors (Lipinski definition) is 2. The predicted molar refractivity (Wildman–Crippen MR) is 74.4 cm³/mol. The van der Waals surface area contributed by atoms with Crippen LogP contribution in [0.3, 0.4) is 0 Å². The first-order chi connectivity index (χ1) is 8.29. The lowest BCUT2D eigenvalue weighted by Crippen LogP contribution is -2.41. The fourth-order valence-corrected chi connectivity index (χ4v) is 2.71. The second kappa shape index (κ2) is 6.53. The van der Waals surface area contributed by atoms with Gasteiger partial charge in [-0.15, -0.1) is 0 Å². The molecule has 0 atom stereocenters. The highest BCUT2D eigenvalue weighted by Crippen LogP contribution is 2.37. The van der Waals surface area contributed by atoms with Crippen molar-refractivity contribution in [1.29, 1.82) is 0 Å². The Morgan fingerprint density at radius 1 is 1.41 bits per heavy atom. The lowest BCUT2D eigenvalue weighted by molar-refractivity contribution is 0.141. The van der Waals surface area contributed by atoms with E-state index in [2.05, 4.69) is 45.5 Å². The summed E-state index contributed by atoms with van der Waals surface area (Å²) in [7, 11) is 0. The Labute approximate surface area is 112 Å². The van der Waals surface area contributed by atoms with Gasteiger partial charge in [0.1, 0.15) is 0 Å². The number of rotatable bonds is 6. The summed E-state index contributed by atoms with van der Waals surface area (Å²) in [4.78, 5) is 0. The third-order valence-electron chi connectivity index (χ3n) is 3.34. The fourth-order valence-electron chi connectivity index (χ4n) is 2.30. The Bertz CT molecular complexity index is 350. The molecule has 1 aliphatic rings. The van der Waals surface area contributed by atoms with Crippen LogP contribution in [0.25, 0.3) is 0 Å². The van der Waals surface area contributed by atoms with Crippen molar-refractivity contribution in [2.24, 2.45) is 0 Å². The molecule has 0 spiro atoms. The van der Waals surface area contributed by atoms with Crippen molar-refractivity contribution in [3.63, 3.8) is 0 Å². The molecule has 0 bridgehead atoms. The van der Waals surface area contributed by atoms with Crippen LogP contribution in [0.5, 0.6) is 0 Å². The minimum atomic E-state index is 0.680. The van der Waals surface area contributed by atoms with Crippen molar-refractivity contribution in [1.82, 2.24) is 5.32 Å². The zero-order valence-electron chi connectivity index (χ0n) is 10.3. The quantitative estimate of drug-likeness (QED) is 0.814. The van der Waals surface area contributed by atoms with Gasteiger partial charge in [-0.3, -0.25) is 0 Å². The summed E-state index contributed by atoms with van der Waals surface area (Å²) in [5.74, 6) is 0.733. The first-order valence-electron chi connectivity index (χ1n) is 6.36. The average Bonchev–Trinajstić information content (AvgIpc) is 2.26. The van der Waals surface area contributed by atoms with Crippen LogP contribution in [-0.4, -0.2) is 25.8 Å². The average molecular weight is 298 g/mol. The third-order valence-corrected chi connectivity index (χ3v) is 3.83. The maximum absolute atomic E-state index is 5.31. The van der Waals surface area contributed by atoms with Gasteiger partial charge in [-0.1, -0.05) is 28.1 Å². The van der Waals surface area contributed by atoms with E-state index in [0.717, 1.165) is 25.7 Å². The summed E-state index contributed by atoms with van der Waals surface area (Å²) in [5.41, 5.74) is 1.46. The maximum Gasteiger partial charge on any atom is 0.0590 e. The molecule has 0 aliphatic heterocycles. The minimum Gasteiger partial charge on any atom is -0.380 e. The van der Waals surface area contributed by atoms with E-state index in [9.17, 15) is 0 Å². The van der Waals surface area contributed by atoms with Crippen molar-refractivity contribution in [3.8, 4) is 0 Å². The highest BCUT2D eigenvalue weighted by atomic mass is 79.9. The predicted octanol–water partition coefficient (Wildman–Crippen LogP) is 3.32. The number of hydrogen-bond donors (Lipinski definition) is 1. The van der Waals surface area contributed by atoms with E-state index in [0.29, 0.717) is 6.04 Å². The summed E-state index contributed by atoms with van der Waals surface area (Å²) in [6.45, 7) is 4.65. The lowest BCUT2D eigenvalue weighted by atomic mass is 9.76. The standard InChI is InChI=1S/C14H20BrNO/c1-2-17-7-6-16-14-9-12(10-14)11-4-3-5-13(15)8-11/h3-5,8,12,14,16H,2,6-7,9-10H2,1H3. The SMILES string of the molecule is CCOCCNC1CC(c2cccc(Br)c2)C1. The topological polar surface area (TPSA) is 21.3 Å². The number of nitrogens with one attached hydrogen (secondary N) is 1. The van der Waals surface area contributed by atoms with Crippen LogP contribution in [0, 0.1) is 0 Å². The normalized spacial score (nSPS) is 23.4. The number of benzene rings is 1. The maximum atomic E-state index is 5.31. The van der Waals surface area contributed by atoms with E-state index < -0.39 is 0 Å². The van der Waals surface area contributed by atoms with Gasteiger partial charge in [0.05, 0.1) is 6.61 Å². The van der Waals surface area contributed by atoms with Crippen molar-refractivity contribution >= 4 is 15.9 Å². The summed E-state index contributed by atoms with van der Waals surface area (Å²) in [6.07, 6.45) is 2.51. The molecular formula is C14H20BrNO. The second-order valence-corrected chi connectivity index (χ2v) is 5.49. The molecular weight excluding hydrogens is 278 g/mol. The molecule has 0 radical (unpaired) electrons. The molecule has 1 aliphatic carbocycles. The largest absolute Gasteiger partial charge is 0.380 e. The van der Waals surface area contributed by atoms with Crippen LogP contribution < -0.4 is 5.32 Å². The molecule has 2 nitrogen and oxygen atoms in total. The van der Waals surface area contributed by atoms with Gasteiger partial charge in [0.2, 0.25) is 0 Å². The van der Waals surface area contributed by atoms with E-state index in [1.165, 1.54) is 22.9 Å². The number of halogens is 1. The van der Waals surface area contributed by atoms with Crippen LogP contribution in [0.1, 0.15) is 31.2 Å². The Morgan fingerprint density at radius 3 is 2.94 bits per heavy atom. The number of ether oxygens (including phenoxy) is 1. The van der Waals surface area contributed by atoms with E-state index in [-0.39, 0.29) is 0 Å². The monoisotopic (exact) mass is 297 g/mol. The van der Waals surface area contributed by atoms with E-state index >= 15 is 0 Å². The Morgan fingerprint density at radius 2 is 2.24 bits per heavy atom. The van der Waals surface area contributed by atoms with Gasteiger partial charge in [-0.25, -0.2) is 0 Å². The van der Waals surface area contributed by atoms with Crippen molar-refractivity contribution in [2.45, 2.75) is 31.7 Å². The second-order valence-electron chi connectivity index (χ2n) is 4.57. The van der Waals surface area contributed by atoms with Crippen LogP contribution in [0.15, 0.2) is 28.7 Å². The Balaban J connectivity index is 1.68. The van der Waals surface area contributed by atoms with Gasteiger partial charge in [-0.05, 0) is 43.4 Å². The van der Waals surface area contributed by atoms with Gasteiger partial charge < -0.3 is 10.1 Å². The summed E-state index contributed by atoms with van der Waals surface area (Å²) in [6, 6.07) is 9.35. The molecule has 0 aromatic heterocycles. The van der Waals surface area contributed by atoms with Crippen LogP contribution in [-0.2, 0) is 4.74 Å². The molecule has 0 saturated heterocycles. The van der Waals surface area contributed by atoms with E-state index in [1.54, 1.807) is 0 Å². The Hall–Kier alpha value is -0.380. The summed E-state index contributed by atoms with van der Waals surface area (Å²) in [5, 5.41) is 3.53. The molecule has 0 amide bonds. The molecule has 3 heteroatoms. The third kappa shape index (κ3) is 3.80. The highest BCUT2D eigenvalue weighted by Gasteiger charge is 2.29. The van der Waals surface area contributed by atoms with Crippen molar-refractivity contribution in [2.75, 3.05) is 19.8 Å². The van der Waals surface area contributed by atoms with Crippen LogP contribution in [0.4, 0.5) is 0 Å².